The molecule has 0 fully saturated rings. The average molecular weight is 211 g/mol. The molecule has 0 aliphatic heterocycles. The van der Waals surface area contributed by atoms with Crippen LogP contribution in [0.4, 0.5) is 0 Å². The Labute approximate surface area is 92.8 Å². The Balaban J connectivity index is 4.46. The summed E-state index contributed by atoms with van der Waals surface area (Å²) in [5, 5.41) is 0. The summed E-state index contributed by atoms with van der Waals surface area (Å²) >= 11 is -0.959. The molecule has 0 spiro atoms. The summed E-state index contributed by atoms with van der Waals surface area (Å²) in [5.74, 6) is 5.47. The zero-order chi connectivity index (χ0) is 11.0. The molecule has 0 unspecified atom stereocenters. The molecule has 0 aromatic carbocycles. The van der Waals surface area contributed by atoms with Gasteiger partial charge in [-0.1, -0.05) is 25.4 Å². The summed E-state index contributed by atoms with van der Waals surface area (Å²) in [5.41, 5.74) is 1.15. The third-order valence-corrected chi connectivity index (χ3v) is 2.56. The molecule has 0 amide bonds. The maximum Gasteiger partial charge on any atom is 0.539 e. The van der Waals surface area contributed by atoms with Gasteiger partial charge in [-0.25, -0.2) is 0 Å². The van der Waals surface area contributed by atoms with Crippen LogP contribution >= 0.6 is 0 Å². The summed E-state index contributed by atoms with van der Waals surface area (Å²) in [7, 11) is 0. The van der Waals surface area contributed by atoms with Gasteiger partial charge in [-0.2, -0.15) is 0 Å². The van der Waals surface area contributed by atoms with Crippen LogP contribution in [0.2, 0.25) is 11.6 Å². The third-order valence-electron chi connectivity index (χ3n) is 1.79. The van der Waals surface area contributed by atoms with E-state index in [0.29, 0.717) is 0 Å². The molecular weight excluding hydrogens is 189 g/mol. The topological polar surface area (TPSA) is 21.6 Å². The van der Waals surface area contributed by atoms with Crippen molar-refractivity contribution in [2.24, 2.45) is 4.99 Å². The van der Waals surface area contributed by atoms with E-state index < -0.39 is 14.5 Å². The maximum atomic E-state index is 5.80. The van der Waals surface area contributed by atoms with Crippen LogP contribution in [0.3, 0.4) is 0 Å². The predicted molar refractivity (Wildman–Crippen MR) is 65.2 cm³/mol. The molecule has 0 radical (unpaired) electrons. The monoisotopic (exact) mass is 211 g/mol. The first kappa shape index (κ1) is 13.7. The Morgan fingerprint density at radius 2 is 1.86 bits per heavy atom. The maximum absolute atomic E-state index is 5.80. The summed E-state index contributed by atoms with van der Waals surface area (Å²) in [6.07, 6.45) is 4.06. The van der Waals surface area contributed by atoms with Crippen molar-refractivity contribution >= 4 is 20.2 Å². The van der Waals surface area contributed by atoms with Gasteiger partial charge in [0.1, 0.15) is 0 Å². The second kappa shape index (κ2) is 8.08. The van der Waals surface area contributed by atoms with Crippen molar-refractivity contribution in [3.8, 4) is 0 Å². The lowest BCUT2D eigenvalue weighted by atomic mass is 10.2. The second-order valence-electron chi connectivity index (χ2n) is 3.45. The molecule has 0 heterocycles. The minimum absolute atomic E-state index is 0.857. The molecule has 0 saturated carbocycles. The van der Waals surface area contributed by atoms with Crippen molar-refractivity contribution in [3.63, 3.8) is 0 Å². The number of nitrogens with zero attached hydrogens (tertiary/aromatic N) is 1. The molecular formula is C11H22AlNO. The Kier molecular flexibility index (Phi) is 7.94. The molecule has 0 rings (SSSR count). The van der Waals surface area contributed by atoms with E-state index in [2.05, 4.69) is 43.4 Å². The highest BCUT2D eigenvalue weighted by Gasteiger charge is 2.08. The highest BCUT2D eigenvalue weighted by Crippen LogP contribution is 2.06. The van der Waals surface area contributed by atoms with Gasteiger partial charge in [-0.05, 0) is 25.8 Å². The number of rotatable bonds is 6. The van der Waals surface area contributed by atoms with Gasteiger partial charge in [0.15, 0.2) is 0 Å². The number of aliphatic imine (C=N–C) groups is 1. The van der Waals surface area contributed by atoms with Gasteiger partial charge in [0.25, 0.3) is 0 Å². The first-order valence-corrected chi connectivity index (χ1v) is 8.32. The molecule has 0 aromatic heterocycles. The van der Waals surface area contributed by atoms with Gasteiger partial charge in [-0.3, -0.25) is 4.99 Å². The summed E-state index contributed by atoms with van der Waals surface area (Å²) in [4.78, 5) is 4.41. The number of hydrogen-bond donors (Lipinski definition) is 0. The molecule has 0 aromatic rings. The molecule has 2 nitrogen and oxygen atoms in total. The average Bonchev–Trinajstić information content (AvgIpc) is 2.15. The zero-order valence-corrected chi connectivity index (χ0v) is 11.3. The van der Waals surface area contributed by atoms with Gasteiger partial charge in [0.2, 0.25) is 0 Å². The van der Waals surface area contributed by atoms with E-state index in [1.54, 1.807) is 0 Å². The Hall–Kier alpha value is -0.258. The fraction of sp³-hybridized carbons (Fsp3) is 0.727. The third kappa shape index (κ3) is 6.23. The summed E-state index contributed by atoms with van der Waals surface area (Å²) in [6, 6.07) is 0. The van der Waals surface area contributed by atoms with E-state index in [1.165, 1.54) is 0 Å². The molecule has 3 heteroatoms. The lowest BCUT2D eigenvalue weighted by Crippen LogP contribution is -2.08. The lowest BCUT2D eigenvalue weighted by Gasteiger charge is -2.11. The van der Waals surface area contributed by atoms with Crippen LogP contribution in [0, 0.1) is 0 Å². The standard InChI is InChI=1S/C9H17NO.2CH3.Al/c1-4-8(10-6-3)7-9(11)5-2;;;/h7,11H,4-6H2,1-3H3;2*1H3;/q;;;+1/p-1/b9-7-,10-8?;;;. The van der Waals surface area contributed by atoms with Crippen molar-refractivity contribution < 1.29 is 3.79 Å². The van der Waals surface area contributed by atoms with E-state index in [4.69, 9.17) is 3.79 Å². The molecule has 0 N–H and O–H groups in total. The fourth-order valence-electron chi connectivity index (χ4n) is 1.17. The van der Waals surface area contributed by atoms with Crippen LogP contribution in [0.5, 0.6) is 0 Å². The van der Waals surface area contributed by atoms with E-state index >= 15 is 0 Å². The fourth-order valence-corrected chi connectivity index (χ4v) is 2.01. The molecule has 0 atom stereocenters. The Morgan fingerprint density at radius 3 is 2.21 bits per heavy atom. The van der Waals surface area contributed by atoms with Crippen molar-refractivity contribution in [1.29, 1.82) is 0 Å². The zero-order valence-electron chi connectivity index (χ0n) is 10.1. The normalized spacial score (nSPS) is 12.9. The first-order chi connectivity index (χ1) is 6.63. The highest BCUT2D eigenvalue weighted by atomic mass is 27.2. The minimum atomic E-state index is -0.959. The quantitative estimate of drug-likeness (QED) is 0.375. The van der Waals surface area contributed by atoms with Crippen molar-refractivity contribution in [3.05, 3.63) is 11.8 Å². The van der Waals surface area contributed by atoms with Crippen LogP contribution in [-0.2, 0) is 3.79 Å². The number of allylic oxidation sites excluding steroid dienone is 2. The van der Waals surface area contributed by atoms with E-state index in [-0.39, 0.29) is 0 Å². The van der Waals surface area contributed by atoms with Crippen molar-refractivity contribution in [1.82, 2.24) is 0 Å². The molecule has 0 bridgehead atoms. The largest absolute Gasteiger partial charge is 0.646 e. The van der Waals surface area contributed by atoms with E-state index in [1.807, 2.05) is 0 Å². The molecule has 14 heavy (non-hydrogen) atoms. The molecule has 0 saturated heterocycles. The first-order valence-electron chi connectivity index (χ1n) is 5.54. The molecule has 0 aliphatic rings. The second-order valence-corrected chi connectivity index (χ2v) is 5.78. The van der Waals surface area contributed by atoms with E-state index in [0.717, 1.165) is 30.9 Å². The summed E-state index contributed by atoms with van der Waals surface area (Å²) in [6.45, 7) is 7.18. The van der Waals surface area contributed by atoms with Crippen LogP contribution < -0.4 is 0 Å². The van der Waals surface area contributed by atoms with Gasteiger partial charge in [0, 0.05) is 12.3 Å². The van der Waals surface area contributed by atoms with E-state index in [9.17, 15) is 0 Å². The van der Waals surface area contributed by atoms with Crippen LogP contribution in [0.15, 0.2) is 16.8 Å². The predicted octanol–water partition coefficient (Wildman–Crippen LogP) is 3.42. The van der Waals surface area contributed by atoms with Gasteiger partial charge in [-0.15, -0.1) is 0 Å². The van der Waals surface area contributed by atoms with Gasteiger partial charge < -0.3 is 3.79 Å². The van der Waals surface area contributed by atoms with Gasteiger partial charge >= 0.3 is 14.5 Å². The van der Waals surface area contributed by atoms with Crippen LogP contribution in [-0.4, -0.2) is 26.7 Å². The Bertz CT molecular complexity index is 209. The molecule has 0 aliphatic carbocycles. The van der Waals surface area contributed by atoms with Crippen LogP contribution in [0.1, 0.15) is 33.6 Å². The molecule has 80 valence electrons. The smallest absolute Gasteiger partial charge is 0.539 e. The van der Waals surface area contributed by atoms with Crippen molar-refractivity contribution in [2.45, 2.75) is 45.2 Å². The Morgan fingerprint density at radius 1 is 1.21 bits per heavy atom. The van der Waals surface area contributed by atoms with Crippen molar-refractivity contribution in [2.75, 3.05) is 6.54 Å². The highest BCUT2D eigenvalue weighted by molar-refractivity contribution is 6.48. The number of hydrogen-bond acceptors (Lipinski definition) is 2. The summed E-state index contributed by atoms with van der Waals surface area (Å²) < 4.78 is 5.80. The lowest BCUT2D eigenvalue weighted by molar-refractivity contribution is 0.424. The van der Waals surface area contributed by atoms with Crippen LogP contribution in [0.25, 0.3) is 0 Å². The van der Waals surface area contributed by atoms with Gasteiger partial charge in [0.05, 0.1) is 5.76 Å². The SMILES string of the molecule is CCN=C(/C=C(/CC)[O][Al]([CH3])[CH3])CC. The minimum Gasteiger partial charge on any atom is -0.646 e.